The van der Waals surface area contributed by atoms with Gasteiger partial charge < -0.3 is 10.2 Å². The van der Waals surface area contributed by atoms with Crippen LogP contribution in [0.3, 0.4) is 0 Å². The molecule has 2 rings (SSSR count). The second kappa shape index (κ2) is 7.02. The normalized spacial score (nSPS) is 15.1. The van der Waals surface area contributed by atoms with Crippen LogP contribution >= 0.6 is 0 Å². The van der Waals surface area contributed by atoms with Crippen LogP contribution in [0.25, 0.3) is 0 Å². The number of rotatable bonds is 8. The van der Waals surface area contributed by atoms with E-state index in [9.17, 15) is 0 Å². The maximum absolute atomic E-state index is 4.57. The Kier molecular flexibility index (Phi) is 5.35. The summed E-state index contributed by atoms with van der Waals surface area (Å²) >= 11 is 0. The van der Waals surface area contributed by atoms with Crippen molar-refractivity contribution in [2.24, 2.45) is 11.8 Å². The minimum Gasteiger partial charge on any atom is -0.338 e. The topological polar surface area (TPSA) is 41.1 Å². The highest BCUT2D eigenvalue weighted by atomic mass is 15.3. The number of nitrogens with one attached hydrogen (secondary N) is 1. The fourth-order valence-corrected chi connectivity index (χ4v) is 2.27. The molecule has 1 N–H and O–H groups in total. The average molecular weight is 276 g/mol. The molecule has 1 aliphatic rings. The maximum atomic E-state index is 4.57. The van der Waals surface area contributed by atoms with Crippen LogP contribution in [0, 0.1) is 11.8 Å². The first-order valence-corrected chi connectivity index (χ1v) is 7.84. The molecule has 4 nitrogen and oxygen atoms in total. The van der Waals surface area contributed by atoms with Crippen LogP contribution in [-0.2, 0) is 6.54 Å². The molecule has 1 fully saturated rings. The van der Waals surface area contributed by atoms with Crippen molar-refractivity contribution in [2.45, 2.75) is 53.1 Å². The van der Waals surface area contributed by atoms with Gasteiger partial charge >= 0.3 is 0 Å². The number of hydrogen-bond acceptors (Lipinski definition) is 4. The molecule has 0 aromatic carbocycles. The Balaban J connectivity index is 1.92. The lowest BCUT2D eigenvalue weighted by molar-refractivity contribution is 0.550. The Hall–Kier alpha value is -1.16. The molecule has 0 saturated heterocycles. The molecule has 0 radical (unpaired) electrons. The summed E-state index contributed by atoms with van der Waals surface area (Å²) in [5.74, 6) is 2.21. The van der Waals surface area contributed by atoms with Gasteiger partial charge in [0.05, 0.1) is 0 Å². The van der Waals surface area contributed by atoms with E-state index in [-0.39, 0.29) is 0 Å². The third-order valence-electron chi connectivity index (χ3n) is 3.38. The van der Waals surface area contributed by atoms with Gasteiger partial charge in [0.15, 0.2) is 0 Å². The van der Waals surface area contributed by atoms with E-state index in [1.807, 2.05) is 12.4 Å². The van der Waals surface area contributed by atoms with Crippen LogP contribution < -0.4 is 10.2 Å². The summed E-state index contributed by atoms with van der Waals surface area (Å²) in [6.07, 6.45) is 6.50. The van der Waals surface area contributed by atoms with Crippen molar-refractivity contribution in [3.63, 3.8) is 0 Å². The Morgan fingerprint density at radius 1 is 1.15 bits per heavy atom. The molecular formula is C16H28N4. The van der Waals surface area contributed by atoms with E-state index in [2.05, 4.69) is 47.9 Å². The van der Waals surface area contributed by atoms with Crippen molar-refractivity contribution in [2.75, 3.05) is 18.0 Å². The van der Waals surface area contributed by atoms with E-state index in [1.165, 1.54) is 12.8 Å². The van der Waals surface area contributed by atoms with Gasteiger partial charge in [-0.15, -0.1) is 0 Å². The highest BCUT2D eigenvalue weighted by Gasteiger charge is 2.31. The van der Waals surface area contributed by atoms with Crippen LogP contribution in [0.2, 0.25) is 0 Å². The zero-order valence-electron chi connectivity index (χ0n) is 13.3. The van der Waals surface area contributed by atoms with Crippen molar-refractivity contribution in [3.8, 4) is 0 Å². The van der Waals surface area contributed by atoms with Crippen LogP contribution in [0.1, 0.15) is 46.1 Å². The van der Waals surface area contributed by atoms with Crippen molar-refractivity contribution in [3.05, 3.63) is 18.0 Å². The first kappa shape index (κ1) is 15.2. The maximum Gasteiger partial charge on any atom is 0.225 e. The first-order valence-electron chi connectivity index (χ1n) is 7.84. The summed E-state index contributed by atoms with van der Waals surface area (Å²) in [6.45, 7) is 11.9. The fraction of sp³-hybridized carbons (Fsp3) is 0.750. The predicted octanol–water partition coefficient (Wildman–Crippen LogP) is 2.85. The molecule has 0 unspecified atom stereocenters. The predicted molar refractivity (Wildman–Crippen MR) is 83.8 cm³/mol. The number of anilines is 1. The quantitative estimate of drug-likeness (QED) is 0.792. The molecule has 0 bridgehead atoms. The summed E-state index contributed by atoms with van der Waals surface area (Å²) in [5.41, 5.74) is 1.16. The summed E-state index contributed by atoms with van der Waals surface area (Å²) < 4.78 is 0. The second-order valence-corrected chi connectivity index (χ2v) is 6.69. The lowest BCUT2D eigenvalue weighted by Gasteiger charge is -2.24. The van der Waals surface area contributed by atoms with Gasteiger partial charge in [0, 0.05) is 37.1 Å². The van der Waals surface area contributed by atoms with Gasteiger partial charge in [0.1, 0.15) is 0 Å². The Bertz CT molecular complexity index is 395. The Morgan fingerprint density at radius 2 is 1.80 bits per heavy atom. The van der Waals surface area contributed by atoms with Crippen molar-refractivity contribution >= 4 is 5.95 Å². The number of nitrogens with zero attached hydrogens (tertiary/aromatic N) is 3. The Labute approximate surface area is 123 Å². The minimum absolute atomic E-state index is 0.645. The highest BCUT2D eigenvalue weighted by molar-refractivity contribution is 5.34. The lowest BCUT2D eigenvalue weighted by Crippen LogP contribution is -2.31. The van der Waals surface area contributed by atoms with Crippen molar-refractivity contribution in [1.82, 2.24) is 15.3 Å². The summed E-state index contributed by atoms with van der Waals surface area (Å²) in [7, 11) is 0. The van der Waals surface area contributed by atoms with Gasteiger partial charge in [-0.3, -0.25) is 0 Å². The van der Waals surface area contributed by atoms with Gasteiger partial charge in [-0.05, 0) is 31.2 Å². The molecule has 1 aliphatic carbocycles. The number of aromatic nitrogens is 2. The smallest absolute Gasteiger partial charge is 0.225 e. The van der Waals surface area contributed by atoms with E-state index < -0.39 is 0 Å². The van der Waals surface area contributed by atoms with E-state index in [0.29, 0.717) is 17.9 Å². The zero-order chi connectivity index (χ0) is 14.5. The van der Waals surface area contributed by atoms with Gasteiger partial charge in [-0.2, -0.15) is 0 Å². The van der Waals surface area contributed by atoms with E-state index in [4.69, 9.17) is 0 Å². The fourth-order valence-electron chi connectivity index (χ4n) is 2.27. The molecule has 0 spiro atoms. The molecule has 0 aliphatic heterocycles. The van der Waals surface area contributed by atoms with E-state index >= 15 is 0 Å². The minimum atomic E-state index is 0.645. The first-order chi connectivity index (χ1) is 9.56. The van der Waals surface area contributed by atoms with E-state index in [1.54, 1.807) is 0 Å². The summed E-state index contributed by atoms with van der Waals surface area (Å²) in [4.78, 5) is 11.5. The molecule has 1 saturated carbocycles. The van der Waals surface area contributed by atoms with Gasteiger partial charge in [-0.25, -0.2) is 9.97 Å². The third kappa shape index (κ3) is 4.75. The van der Waals surface area contributed by atoms with Crippen molar-refractivity contribution in [1.29, 1.82) is 0 Å². The molecule has 1 heterocycles. The molecule has 20 heavy (non-hydrogen) atoms. The lowest BCUT2D eigenvalue weighted by atomic mass is 10.2. The van der Waals surface area contributed by atoms with Gasteiger partial charge in [0.2, 0.25) is 5.95 Å². The van der Waals surface area contributed by atoms with Crippen LogP contribution in [-0.4, -0.2) is 29.1 Å². The largest absolute Gasteiger partial charge is 0.338 e. The molecule has 0 atom stereocenters. The van der Waals surface area contributed by atoms with Gasteiger partial charge in [-0.1, -0.05) is 27.7 Å². The average Bonchev–Trinajstić information content (AvgIpc) is 3.20. The second-order valence-electron chi connectivity index (χ2n) is 6.69. The monoisotopic (exact) mass is 276 g/mol. The van der Waals surface area contributed by atoms with Crippen LogP contribution in [0.4, 0.5) is 5.95 Å². The molecule has 4 heteroatoms. The number of hydrogen-bond donors (Lipinski definition) is 1. The standard InChI is InChI=1S/C16H28N4/c1-12(2)7-17-8-14-9-18-16(19-10-14)20(11-13(3)4)15-5-6-15/h9-10,12-13,15,17H,5-8,11H2,1-4H3. The third-order valence-corrected chi connectivity index (χ3v) is 3.38. The van der Waals surface area contributed by atoms with E-state index in [0.717, 1.165) is 31.1 Å². The molecule has 0 amide bonds. The van der Waals surface area contributed by atoms with Crippen LogP contribution in [0.15, 0.2) is 12.4 Å². The molecule has 112 valence electrons. The zero-order valence-corrected chi connectivity index (χ0v) is 13.3. The molecule has 1 aromatic heterocycles. The molecule has 1 aromatic rings. The highest BCUT2D eigenvalue weighted by Crippen LogP contribution is 2.30. The summed E-state index contributed by atoms with van der Waals surface area (Å²) in [5, 5.41) is 3.42. The van der Waals surface area contributed by atoms with Crippen molar-refractivity contribution < 1.29 is 0 Å². The SMILES string of the molecule is CC(C)CNCc1cnc(N(CC(C)C)C2CC2)nc1. The molecular weight excluding hydrogens is 248 g/mol. The summed E-state index contributed by atoms with van der Waals surface area (Å²) in [6, 6.07) is 0.669. The van der Waals surface area contributed by atoms with Crippen LogP contribution in [0.5, 0.6) is 0 Å². The Morgan fingerprint density at radius 3 is 2.30 bits per heavy atom. The van der Waals surface area contributed by atoms with Gasteiger partial charge in [0.25, 0.3) is 0 Å².